The van der Waals surface area contributed by atoms with Crippen molar-refractivity contribution in [3.05, 3.63) is 11.3 Å². The summed E-state index contributed by atoms with van der Waals surface area (Å²) in [5, 5.41) is 12.9. The molecule has 0 aliphatic carbocycles. The largest absolute Gasteiger partial charge is 0.481 e. The van der Waals surface area contributed by atoms with Crippen LogP contribution >= 0.6 is 0 Å². The minimum absolute atomic E-state index is 0.0858. The molecule has 0 aliphatic rings. The van der Waals surface area contributed by atoms with Gasteiger partial charge >= 0.3 is 6.18 Å². The molecule has 0 amide bonds. The molecule has 0 spiro atoms. The predicted octanol–water partition coefficient (Wildman–Crippen LogP) is 1.33. The van der Waals surface area contributed by atoms with Crippen molar-refractivity contribution in [1.29, 1.82) is 0 Å². The quantitative estimate of drug-likeness (QED) is 0.824. The lowest BCUT2D eigenvalue weighted by Crippen LogP contribution is -2.21. The Balaban J connectivity index is 3.24. The Hall–Kier alpha value is -1.24. The van der Waals surface area contributed by atoms with Gasteiger partial charge in [0.25, 0.3) is 0 Å². The number of aromatic nitrogens is 2. The third kappa shape index (κ3) is 2.06. The number of methoxy groups -OCH3 is 1. The van der Waals surface area contributed by atoms with Gasteiger partial charge in [-0.2, -0.15) is 18.3 Å². The second kappa shape index (κ2) is 3.73. The molecule has 0 radical (unpaired) electrons. The zero-order chi connectivity index (χ0) is 11.8. The molecule has 0 fully saturated rings. The van der Waals surface area contributed by atoms with Crippen LogP contribution in [0.15, 0.2) is 0 Å². The molecule has 7 heteroatoms. The standard InChI is InChI=1S/C8H11F3N2O2/c1-4-5(6(14)8(9,10)11)7(15-3)13(2)12-4/h6,14H,1-3H3/t6-/m1/s1. The number of nitrogens with zero attached hydrogens (tertiary/aromatic N) is 2. The Morgan fingerprint density at radius 3 is 2.40 bits per heavy atom. The number of hydrogen-bond acceptors (Lipinski definition) is 3. The maximum atomic E-state index is 12.3. The van der Waals surface area contributed by atoms with Crippen LogP contribution in [0, 0.1) is 6.92 Å². The van der Waals surface area contributed by atoms with Crippen LogP contribution in [0.25, 0.3) is 0 Å². The molecule has 1 atom stereocenters. The molecule has 4 nitrogen and oxygen atoms in total. The van der Waals surface area contributed by atoms with Crippen LogP contribution in [0.2, 0.25) is 0 Å². The van der Waals surface area contributed by atoms with Gasteiger partial charge < -0.3 is 9.84 Å². The van der Waals surface area contributed by atoms with Gasteiger partial charge in [0, 0.05) is 7.05 Å². The third-order valence-corrected chi connectivity index (χ3v) is 1.99. The molecule has 1 rings (SSSR count). The van der Waals surface area contributed by atoms with Gasteiger partial charge in [0.1, 0.15) is 0 Å². The third-order valence-electron chi connectivity index (χ3n) is 1.99. The van der Waals surface area contributed by atoms with Gasteiger partial charge in [0.15, 0.2) is 6.10 Å². The van der Waals surface area contributed by atoms with Crippen molar-refractivity contribution in [3.8, 4) is 5.88 Å². The molecular formula is C8H11F3N2O2. The van der Waals surface area contributed by atoms with Crippen LogP contribution in [0.3, 0.4) is 0 Å². The Bertz CT molecular complexity index is 360. The van der Waals surface area contributed by atoms with Crippen LogP contribution in [0.5, 0.6) is 5.88 Å². The van der Waals surface area contributed by atoms with Crippen molar-refractivity contribution in [2.24, 2.45) is 7.05 Å². The predicted molar refractivity (Wildman–Crippen MR) is 45.5 cm³/mol. The van der Waals surface area contributed by atoms with Gasteiger partial charge in [-0.15, -0.1) is 0 Å². The van der Waals surface area contributed by atoms with E-state index in [4.69, 9.17) is 9.84 Å². The van der Waals surface area contributed by atoms with Crippen molar-refractivity contribution in [2.45, 2.75) is 19.2 Å². The van der Waals surface area contributed by atoms with E-state index in [0.29, 0.717) is 0 Å². The summed E-state index contributed by atoms with van der Waals surface area (Å²) in [4.78, 5) is 0. The minimum Gasteiger partial charge on any atom is -0.481 e. The summed E-state index contributed by atoms with van der Waals surface area (Å²) >= 11 is 0. The lowest BCUT2D eigenvalue weighted by Gasteiger charge is -2.15. The van der Waals surface area contributed by atoms with Crippen LogP contribution < -0.4 is 4.74 Å². The molecule has 0 saturated heterocycles. The smallest absolute Gasteiger partial charge is 0.418 e. The molecule has 1 heterocycles. The van der Waals surface area contributed by atoms with E-state index in [1.807, 2.05) is 0 Å². The van der Waals surface area contributed by atoms with Gasteiger partial charge in [-0.25, -0.2) is 4.68 Å². The van der Waals surface area contributed by atoms with Crippen LogP contribution in [0.4, 0.5) is 13.2 Å². The van der Waals surface area contributed by atoms with Gasteiger partial charge in [0.2, 0.25) is 5.88 Å². The number of aliphatic hydroxyl groups is 1. The highest BCUT2D eigenvalue weighted by Gasteiger charge is 2.43. The summed E-state index contributed by atoms with van der Waals surface area (Å²) in [6.45, 7) is 1.38. The van der Waals surface area contributed by atoms with E-state index < -0.39 is 12.3 Å². The Labute approximate surface area is 84.3 Å². The minimum atomic E-state index is -4.72. The van der Waals surface area contributed by atoms with Crippen molar-refractivity contribution in [3.63, 3.8) is 0 Å². The lowest BCUT2D eigenvalue weighted by atomic mass is 10.1. The number of halogens is 3. The number of hydrogen-bond donors (Lipinski definition) is 1. The summed E-state index contributed by atoms with van der Waals surface area (Å²) in [5.74, 6) is -0.0858. The van der Waals surface area contributed by atoms with Crippen molar-refractivity contribution in [1.82, 2.24) is 9.78 Å². The highest BCUT2D eigenvalue weighted by Crippen LogP contribution is 2.38. The Morgan fingerprint density at radius 2 is 2.00 bits per heavy atom. The average Bonchev–Trinajstić information content (AvgIpc) is 2.37. The van der Waals surface area contributed by atoms with E-state index in [0.717, 1.165) is 4.68 Å². The second-order valence-electron chi connectivity index (χ2n) is 3.08. The van der Waals surface area contributed by atoms with Gasteiger partial charge in [-0.1, -0.05) is 0 Å². The molecule has 0 unspecified atom stereocenters. The maximum Gasteiger partial charge on any atom is 0.418 e. The van der Waals surface area contributed by atoms with Crippen molar-refractivity contribution < 1.29 is 23.0 Å². The molecule has 1 aromatic rings. The van der Waals surface area contributed by atoms with Gasteiger partial charge in [-0.05, 0) is 6.92 Å². The van der Waals surface area contributed by atoms with Crippen LogP contribution in [-0.2, 0) is 7.05 Å². The van der Waals surface area contributed by atoms with Gasteiger partial charge in [0.05, 0.1) is 18.4 Å². The normalized spacial score (nSPS) is 14.1. The lowest BCUT2D eigenvalue weighted by molar-refractivity contribution is -0.207. The highest BCUT2D eigenvalue weighted by atomic mass is 19.4. The fraction of sp³-hybridized carbons (Fsp3) is 0.625. The molecule has 0 aliphatic heterocycles. The zero-order valence-electron chi connectivity index (χ0n) is 8.46. The van der Waals surface area contributed by atoms with E-state index in [1.165, 1.54) is 21.1 Å². The summed E-state index contributed by atoms with van der Waals surface area (Å²) in [6.07, 6.45) is -7.29. The van der Waals surface area contributed by atoms with E-state index in [2.05, 4.69) is 5.10 Å². The first-order chi connectivity index (χ1) is 6.79. The molecule has 1 aromatic heterocycles. The first-order valence-electron chi connectivity index (χ1n) is 4.11. The molecule has 15 heavy (non-hydrogen) atoms. The molecular weight excluding hydrogens is 213 g/mol. The molecule has 0 saturated carbocycles. The summed E-state index contributed by atoms with van der Waals surface area (Å²) in [5.41, 5.74) is -0.244. The molecule has 86 valence electrons. The number of rotatable bonds is 2. The van der Waals surface area contributed by atoms with E-state index in [-0.39, 0.29) is 17.1 Å². The number of aliphatic hydroxyl groups excluding tert-OH is 1. The van der Waals surface area contributed by atoms with E-state index >= 15 is 0 Å². The van der Waals surface area contributed by atoms with E-state index in [9.17, 15) is 13.2 Å². The second-order valence-corrected chi connectivity index (χ2v) is 3.08. The van der Waals surface area contributed by atoms with Crippen LogP contribution in [0.1, 0.15) is 17.4 Å². The highest BCUT2D eigenvalue weighted by molar-refractivity contribution is 5.33. The summed E-state index contributed by atoms with van der Waals surface area (Å²) in [7, 11) is 2.67. The topological polar surface area (TPSA) is 47.3 Å². The first-order valence-corrected chi connectivity index (χ1v) is 4.11. The maximum absolute atomic E-state index is 12.3. The molecule has 1 N–H and O–H groups in total. The Kier molecular flexibility index (Phi) is 2.94. The summed E-state index contributed by atoms with van der Waals surface area (Å²) in [6, 6.07) is 0. The molecule has 0 aromatic carbocycles. The Morgan fingerprint density at radius 1 is 1.47 bits per heavy atom. The fourth-order valence-corrected chi connectivity index (χ4v) is 1.37. The first kappa shape index (κ1) is 11.8. The van der Waals surface area contributed by atoms with E-state index in [1.54, 1.807) is 0 Å². The zero-order valence-corrected chi connectivity index (χ0v) is 8.46. The van der Waals surface area contributed by atoms with Crippen molar-refractivity contribution in [2.75, 3.05) is 7.11 Å². The number of alkyl halides is 3. The van der Waals surface area contributed by atoms with Crippen molar-refractivity contribution >= 4 is 0 Å². The van der Waals surface area contributed by atoms with Gasteiger partial charge in [-0.3, -0.25) is 0 Å². The summed E-state index contributed by atoms with van der Waals surface area (Å²) < 4.78 is 42.8. The number of aryl methyl sites for hydroxylation is 2. The van der Waals surface area contributed by atoms with Crippen LogP contribution in [-0.4, -0.2) is 28.2 Å². The monoisotopic (exact) mass is 224 g/mol. The fourth-order valence-electron chi connectivity index (χ4n) is 1.37. The average molecular weight is 224 g/mol. The number of ether oxygens (including phenoxy) is 1. The SMILES string of the molecule is COc1c([C@@H](O)C(F)(F)F)c(C)nn1C. The molecule has 0 bridgehead atoms.